The number of piperidine rings is 1. The fourth-order valence-electron chi connectivity index (χ4n) is 2.43. The van der Waals surface area contributed by atoms with Crippen molar-refractivity contribution in [1.29, 1.82) is 0 Å². The lowest BCUT2D eigenvalue weighted by Crippen LogP contribution is -2.39. The Labute approximate surface area is 127 Å². The normalized spacial score (nSPS) is 16.0. The van der Waals surface area contributed by atoms with Crippen LogP contribution in [0.2, 0.25) is 0 Å². The third kappa shape index (κ3) is 3.36. The molecule has 110 valence electrons. The highest BCUT2D eigenvalue weighted by Gasteiger charge is 2.21. The number of anilines is 2. The van der Waals surface area contributed by atoms with E-state index in [1.807, 2.05) is 6.20 Å². The van der Waals surface area contributed by atoms with Gasteiger partial charge in [-0.05, 0) is 19.8 Å². The predicted molar refractivity (Wildman–Crippen MR) is 83.1 cm³/mol. The van der Waals surface area contributed by atoms with Gasteiger partial charge in [0.05, 0.1) is 0 Å². The summed E-state index contributed by atoms with van der Waals surface area (Å²) in [5.41, 5.74) is 0.406. The average Bonchev–Trinajstić information content (AvgIpc) is 2.95. The third-order valence-electron chi connectivity index (χ3n) is 3.54. The summed E-state index contributed by atoms with van der Waals surface area (Å²) < 4.78 is 0. The molecule has 0 atom stereocenters. The van der Waals surface area contributed by atoms with Gasteiger partial charge in [-0.3, -0.25) is 4.79 Å². The molecule has 0 aliphatic carbocycles. The number of rotatable bonds is 4. The molecule has 3 rings (SSSR count). The van der Waals surface area contributed by atoms with E-state index >= 15 is 0 Å². The number of hydrogen-bond acceptors (Lipinski definition) is 7. The molecule has 1 aliphatic rings. The van der Waals surface area contributed by atoms with Gasteiger partial charge in [-0.1, -0.05) is 0 Å². The fraction of sp³-hybridized carbons (Fsp3) is 0.429. The Hall–Kier alpha value is -2.02. The van der Waals surface area contributed by atoms with Crippen LogP contribution in [0.1, 0.15) is 28.2 Å². The van der Waals surface area contributed by atoms with Crippen LogP contribution in [0.5, 0.6) is 0 Å². The minimum absolute atomic E-state index is 0.372. The van der Waals surface area contributed by atoms with Crippen LogP contribution in [0.15, 0.2) is 18.6 Å². The Balaban J connectivity index is 1.57. The molecular weight excluding hydrogens is 286 g/mol. The smallest absolute Gasteiger partial charge is 0.185 e. The molecule has 1 aliphatic heterocycles. The highest BCUT2D eigenvalue weighted by atomic mass is 32.1. The van der Waals surface area contributed by atoms with Crippen molar-refractivity contribution >= 4 is 28.6 Å². The van der Waals surface area contributed by atoms with E-state index in [0.717, 1.165) is 43.2 Å². The molecular formula is C14H17N5OS. The van der Waals surface area contributed by atoms with Crippen LogP contribution in [-0.4, -0.2) is 40.4 Å². The molecule has 0 spiro atoms. The molecule has 3 heterocycles. The second-order valence-electron chi connectivity index (χ2n) is 5.11. The lowest BCUT2D eigenvalue weighted by molar-refractivity contribution is 0.111. The molecule has 1 fully saturated rings. The van der Waals surface area contributed by atoms with Crippen LogP contribution in [0.25, 0.3) is 0 Å². The van der Waals surface area contributed by atoms with Crippen LogP contribution >= 0.6 is 11.3 Å². The minimum atomic E-state index is 0.372. The number of aryl methyl sites for hydroxylation is 1. The summed E-state index contributed by atoms with van der Waals surface area (Å²) in [6.07, 6.45) is 6.13. The highest BCUT2D eigenvalue weighted by molar-refractivity contribution is 7.15. The number of carbonyl (C=O) groups excluding carboxylic acids is 1. The monoisotopic (exact) mass is 303 g/mol. The molecule has 1 saturated heterocycles. The van der Waals surface area contributed by atoms with Gasteiger partial charge in [-0.25, -0.2) is 15.0 Å². The summed E-state index contributed by atoms with van der Waals surface area (Å²) in [6, 6.07) is 2.06. The Morgan fingerprint density at radius 2 is 2.14 bits per heavy atom. The first kappa shape index (κ1) is 13.9. The van der Waals surface area contributed by atoms with E-state index in [1.54, 1.807) is 17.4 Å². The van der Waals surface area contributed by atoms with E-state index in [1.165, 1.54) is 11.2 Å². The largest absolute Gasteiger partial charge is 0.367 e. The standard InChI is InChI=1S/C14H17N5OS/c1-10-7-15-14(21-10)19-4-2-11(3-5-19)18-13-6-12(8-20)16-9-17-13/h6-9,11H,2-5H2,1H3,(H,16,17,18). The van der Waals surface area contributed by atoms with Crippen molar-refractivity contribution in [2.24, 2.45) is 0 Å². The summed E-state index contributed by atoms with van der Waals surface area (Å²) in [5.74, 6) is 0.718. The molecule has 0 aromatic carbocycles. The van der Waals surface area contributed by atoms with Crippen molar-refractivity contribution in [3.05, 3.63) is 29.2 Å². The van der Waals surface area contributed by atoms with E-state index in [2.05, 4.69) is 32.1 Å². The fourth-order valence-corrected chi connectivity index (χ4v) is 3.24. The maximum atomic E-state index is 10.7. The van der Waals surface area contributed by atoms with Crippen LogP contribution in [0, 0.1) is 6.92 Å². The summed E-state index contributed by atoms with van der Waals surface area (Å²) in [6.45, 7) is 4.04. The summed E-state index contributed by atoms with van der Waals surface area (Å²) in [5, 5.41) is 4.49. The number of aromatic nitrogens is 3. The number of carbonyl (C=O) groups is 1. The number of aldehydes is 1. The van der Waals surface area contributed by atoms with E-state index < -0.39 is 0 Å². The summed E-state index contributed by atoms with van der Waals surface area (Å²) in [4.78, 5) is 26.8. The molecule has 7 heteroatoms. The minimum Gasteiger partial charge on any atom is -0.367 e. The maximum Gasteiger partial charge on any atom is 0.185 e. The second-order valence-corrected chi connectivity index (χ2v) is 6.32. The quantitative estimate of drug-likeness (QED) is 0.873. The summed E-state index contributed by atoms with van der Waals surface area (Å²) in [7, 11) is 0. The lowest BCUT2D eigenvalue weighted by atomic mass is 10.1. The maximum absolute atomic E-state index is 10.7. The van der Waals surface area contributed by atoms with Gasteiger partial charge >= 0.3 is 0 Å². The first-order chi connectivity index (χ1) is 10.2. The zero-order chi connectivity index (χ0) is 14.7. The van der Waals surface area contributed by atoms with Gasteiger partial charge in [-0.2, -0.15) is 0 Å². The molecule has 1 N–H and O–H groups in total. The van der Waals surface area contributed by atoms with E-state index in [0.29, 0.717) is 11.7 Å². The Morgan fingerprint density at radius 3 is 2.81 bits per heavy atom. The van der Waals surface area contributed by atoms with Crippen molar-refractivity contribution in [3.63, 3.8) is 0 Å². The van der Waals surface area contributed by atoms with Gasteiger partial charge in [0.25, 0.3) is 0 Å². The highest BCUT2D eigenvalue weighted by Crippen LogP contribution is 2.25. The van der Waals surface area contributed by atoms with Gasteiger partial charge in [0.2, 0.25) is 0 Å². The van der Waals surface area contributed by atoms with Crippen LogP contribution in [0.4, 0.5) is 10.9 Å². The average molecular weight is 303 g/mol. The molecule has 6 nitrogen and oxygen atoms in total. The van der Waals surface area contributed by atoms with E-state index in [-0.39, 0.29) is 0 Å². The summed E-state index contributed by atoms with van der Waals surface area (Å²) >= 11 is 1.74. The van der Waals surface area contributed by atoms with Crippen molar-refractivity contribution in [2.75, 3.05) is 23.3 Å². The van der Waals surface area contributed by atoms with Gasteiger partial charge in [0.1, 0.15) is 17.8 Å². The SMILES string of the molecule is Cc1cnc(N2CCC(Nc3cc(C=O)ncn3)CC2)s1. The molecule has 0 radical (unpaired) electrons. The molecule has 0 bridgehead atoms. The Morgan fingerprint density at radius 1 is 1.33 bits per heavy atom. The van der Waals surface area contributed by atoms with Crippen LogP contribution < -0.4 is 10.2 Å². The number of thiazole rings is 1. The molecule has 2 aromatic rings. The van der Waals surface area contributed by atoms with E-state index in [4.69, 9.17) is 0 Å². The van der Waals surface area contributed by atoms with Crippen molar-refractivity contribution in [2.45, 2.75) is 25.8 Å². The predicted octanol–water partition coefficient (Wildman–Crippen LogP) is 2.13. The zero-order valence-corrected chi connectivity index (χ0v) is 12.6. The molecule has 21 heavy (non-hydrogen) atoms. The zero-order valence-electron chi connectivity index (χ0n) is 11.8. The first-order valence-electron chi connectivity index (χ1n) is 6.96. The number of nitrogens with zero attached hydrogens (tertiary/aromatic N) is 4. The molecule has 0 saturated carbocycles. The Bertz CT molecular complexity index is 621. The van der Waals surface area contributed by atoms with Crippen molar-refractivity contribution in [1.82, 2.24) is 15.0 Å². The number of hydrogen-bond donors (Lipinski definition) is 1. The molecule has 0 amide bonds. The van der Waals surface area contributed by atoms with Gasteiger partial charge in [-0.15, -0.1) is 11.3 Å². The van der Waals surface area contributed by atoms with E-state index in [9.17, 15) is 4.79 Å². The van der Waals surface area contributed by atoms with Gasteiger partial charge < -0.3 is 10.2 Å². The number of nitrogens with one attached hydrogen (secondary N) is 1. The van der Waals surface area contributed by atoms with Gasteiger partial charge in [0, 0.05) is 36.3 Å². The molecule has 2 aromatic heterocycles. The third-order valence-corrected chi connectivity index (χ3v) is 4.51. The second kappa shape index (κ2) is 6.17. The molecule has 0 unspecified atom stereocenters. The van der Waals surface area contributed by atoms with Gasteiger partial charge in [0.15, 0.2) is 11.4 Å². The topological polar surface area (TPSA) is 71.0 Å². The van der Waals surface area contributed by atoms with Crippen LogP contribution in [-0.2, 0) is 0 Å². The first-order valence-corrected chi connectivity index (χ1v) is 7.77. The lowest BCUT2D eigenvalue weighted by Gasteiger charge is -2.32. The van der Waals surface area contributed by atoms with Crippen LogP contribution in [0.3, 0.4) is 0 Å². The Kier molecular flexibility index (Phi) is 4.10. The van der Waals surface area contributed by atoms with Crippen molar-refractivity contribution in [3.8, 4) is 0 Å². The van der Waals surface area contributed by atoms with Crippen molar-refractivity contribution < 1.29 is 4.79 Å².